The van der Waals surface area contributed by atoms with Crippen molar-refractivity contribution in [3.05, 3.63) is 39.4 Å². The van der Waals surface area contributed by atoms with Crippen molar-refractivity contribution in [2.24, 2.45) is 5.92 Å². The summed E-state index contributed by atoms with van der Waals surface area (Å²) in [5.74, 6) is -1.27. The molecule has 2 rings (SSSR count). The molecule has 106 valence electrons. The Labute approximate surface area is 115 Å². The molecule has 1 aromatic carbocycles. The number of rotatable bonds is 3. The molecule has 0 bridgehead atoms. The van der Waals surface area contributed by atoms with Gasteiger partial charge in [-0.05, 0) is 18.4 Å². The van der Waals surface area contributed by atoms with E-state index in [-0.39, 0.29) is 22.7 Å². The van der Waals surface area contributed by atoms with Crippen LogP contribution >= 0.6 is 0 Å². The van der Waals surface area contributed by atoms with Gasteiger partial charge in [0, 0.05) is 30.8 Å². The van der Waals surface area contributed by atoms with E-state index in [0.717, 1.165) is 18.6 Å². The molecule has 1 aliphatic rings. The molecule has 1 fully saturated rings. The Bertz CT molecular complexity index is 552. The zero-order valence-corrected chi connectivity index (χ0v) is 10.9. The van der Waals surface area contributed by atoms with Crippen LogP contribution in [0.2, 0.25) is 0 Å². The summed E-state index contributed by atoms with van der Waals surface area (Å²) in [6.45, 7) is 3.19. The van der Waals surface area contributed by atoms with Gasteiger partial charge in [0.15, 0.2) is 0 Å². The number of nitrogens with zero attached hydrogens (tertiary/aromatic N) is 2. The van der Waals surface area contributed by atoms with Gasteiger partial charge in [-0.2, -0.15) is 0 Å². The lowest BCUT2D eigenvalue weighted by molar-refractivity contribution is -0.384. The second-order valence-electron chi connectivity index (χ2n) is 4.98. The van der Waals surface area contributed by atoms with Crippen molar-refractivity contribution in [3.63, 3.8) is 0 Å². The Morgan fingerprint density at radius 2 is 2.00 bits per heavy atom. The minimum absolute atomic E-state index is 0.0469. The third kappa shape index (κ3) is 2.76. The summed E-state index contributed by atoms with van der Waals surface area (Å²) in [6, 6.07) is 3.25. The standard InChI is InChI=1S/C13H14N2O5/c1-8-2-3-14(7-8)12(16)9-4-10(13(17)18)6-11(5-9)15(19)20/h4-6,8H,2-3,7H2,1H3,(H,17,18). The SMILES string of the molecule is CC1CCN(C(=O)c2cc(C(=O)O)cc([N+](=O)[O-])c2)C1. The van der Waals surface area contributed by atoms with E-state index in [2.05, 4.69) is 0 Å². The maximum absolute atomic E-state index is 12.3. The molecule has 1 aromatic rings. The van der Waals surface area contributed by atoms with Gasteiger partial charge in [-0.3, -0.25) is 14.9 Å². The number of nitro groups is 1. The first-order chi connectivity index (χ1) is 9.38. The van der Waals surface area contributed by atoms with Crippen LogP contribution < -0.4 is 0 Å². The number of non-ortho nitro benzene ring substituents is 1. The summed E-state index contributed by atoms with van der Waals surface area (Å²) in [6.07, 6.45) is 0.881. The quantitative estimate of drug-likeness (QED) is 0.670. The fourth-order valence-electron chi connectivity index (χ4n) is 2.27. The topological polar surface area (TPSA) is 101 Å². The molecule has 1 saturated heterocycles. The van der Waals surface area contributed by atoms with Crippen molar-refractivity contribution in [1.82, 2.24) is 4.90 Å². The molecule has 1 N–H and O–H groups in total. The van der Waals surface area contributed by atoms with E-state index in [1.165, 1.54) is 6.07 Å². The van der Waals surface area contributed by atoms with Crippen LogP contribution in [0, 0.1) is 16.0 Å². The summed E-state index contributed by atoms with van der Waals surface area (Å²) in [5, 5.41) is 19.8. The Hall–Kier alpha value is -2.44. The first kappa shape index (κ1) is 14.0. The van der Waals surface area contributed by atoms with Crippen molar-refractivity contribution in [3.8, 4) is 0 Å². The fraction of sp³-hybridized carbons (Fsp3) is 0.385. The van der Waals surface area contributed by atoms with Gasteiger partial charge < -0.3 is 10.0 Å². The Balaban J connectivity index is 2.37. The van der Waals surface area contributed by atoms with Gasteiger partial charge in [-0.15, -0.1) is 0 Å². The van der Waals surface area contributed by atoms with E-state index in [4.69, 9.17) is 5.11 Å². The lowest BCUT2D eigenvalue weighted by Crippen LogP contribution is -2.28. The van der Waals surface area contributed by atoms with Crippen LogP contribution in [0.4, 0.5) is 5.69 Å². The van der Waals surface area contributed by atoms with Crippen molar-refractivity contribution < 1.29 is 19.6 Å². The number of likely N-dealkylation sites (tertiary alicyclic amines) is 1. The molecule has 0 saturated carbocycles. The normalized spacial score (nSPS) is 18.1. The number of carboxylic acids is 1. The van der Waals surface area contributed by atoms with Crippen LogP contribution in [-0.4, -0.2) is 39.9 Å². The minimum atomic E-state index is -1.29. The van der Waals surface area contributed by atoms with E-state index in [0.29, 0.717) is 19.0 Å². The largest absolute Gasteiger partial charge is 0.478 e. The molecule has 1 amide bonds. The van der Waals surface area contributed by atoms with E-state index >= 15 is 0 Å². The number of carbonyl (C=O) groups excluding carboxylic acids is 1. The predicted octanol–water partition coefficient (Wildman–Crippen LogP) is 1.78. The van der Waals surface area contributed by atoms with Gasteiger partial charge in [0.05, 0.1) is 10.5 Å². The summed E-state index contributed by atoms with van der Waals surface area (Å²) in [5.41, 5.74) is -0.596. The van der Waals surface area contributed by atoms with Crippen LogP contribution in [0.3, 0.4) is 0 Å². The highest BCUT2D eigenvalue weighted by atomic mass is 16.6. The highest BCUT2D eigenvalue weighted by molar-refractivity contribution is 5.98. The monoisotopic (exact) mass is 278 g/mol. The maximum atomic E-state index is 12.3. The van der Waals surface area contributed by atoms with Crippen LogP contribution in [0.5, 0.6) is 0 Å². The third-order valence-electron chi connectivity index (χ3n) is 3.33. The van der Waals surface area contributed by atoms with E-state index < -0.39 is 10.9 Å². The highest BCUT2D eigenvalue weighted by Gasteiger charge is 2.26. The molecule has 0 radical (unpaired) electrons. The second kappa shape index (κ2) is 5.28. The molecule has 0 aromatic heterocycles. The number of carbonyl (C=O) groups is 2. The van der Waals surface area contributed by atoms with Gasteiger partial charge in [0.1, 0.15) is 0 Å². The molecule has 7 nitrogen and oxygen atoms in total. The number of carboxylic acid groups (broad SMARTS) is 1. The lowest BCUT2D eigenvalue weighted by Gasteiger charge is -2.16. The van der Waals surface area contributed by atoms with Gasteiger partial charge in [-0.25, -0.2) is 4.79 Å². The molecule has 20 heavy (non-hydrogen) atoms. The van der Waals surface area contributed by atoms with Gasteiger partial charge in [0.25, 0.3) is 11.6 Å². The van der Waals surface area contributed by atoms with Gasteiger partial charge in [0.2, 0.25) is 0 Å². The molecule has 7 heteroatoms. The summed E-state index contributed by atoms with van der Waals surface area (Å²) >= 11 is 0. The first-order valence-corrected chi connectivity index (χ1v) is 6.20. The second-order valence-corrected chi connectivity index (χ2v) is 4.98. The average molecular weight is 278 g/mol. The number of amides is 1. The molecule has 1 unspecified atom stereocenters. The van der Waals surface area contributed by atoms with Gasteiger partial charge >= 0.3 is 5.97 Å². The zero-order chi connectivity index (χ0) is 14.9. The van der Waals surface area contributed by atoms with E-state index in [1.807, 2.05) is 6.92 Å². The Kier molecular flexibility index (Phi) is 3.69. The van der Waals surface area contributed by atoms with Gasteiger partial charge in [-0.1, -0.05) is 6.92 Å². The van der Waals surface area contributed by atoms with Crippen LogP contribution in [-0.2, 0) is 0 Å². The molecule has 0 aliphatic carbocycles. The van der Waals surface area contributed by atoms with Crippen molar-refractivity contribution >= 4 is 17.6 Å². The number of benzene rings is 1. The Morgan fingerprint density at radius 1 is 1.35 bits per heavy atom. The third-order valence-corrected chi connectivity index (χ3v) is 3.33. The number of aromatic carboxylic acids is 1. The summed E-state index contributed by atoms with van der Waals surface area (Å²) in [7, 11) is 0. The molecular weight excluding hydrogens is 264 g/mol. The van der Waals surface area contributed by atoms with Crippen molar-refractivity contribution in [2.75, 3.05) is 13.1 Å². The van der Waals surface area contributed by atoms with Crippen molar-refractivity contribution in [2.45, 2.75) is 13.3 Å². The van der Waals surface area contributed by atoms with Crippen molar-refractivity contribution in [1.29, 1.82) is 0 Å². The van der Waals surface area contributed by atoms with Crippen LogP contribution in [0.15, 0.2) is 18.2 Å². The number of hydrogen-bond donors (Lipinski definition) is 1. The first-order valence-electron chi connectivity index (χ1n) is 6.20. The van der Waals surface area contributed by atoms with E-state index in [9.17, 15) is 19.7 Å². The van der Waals surface area contributed by atoms with Crippen LogP contribution in [0.1, 0.15) is 34.1 Å². The molecular formula is C13H14N2O5. The minimum Gasteiger partial charge on any atom is -0.478 e. The molecule has 1 atom stereocenters. The van der Waals surface area contributed by atoms with E-state index in [1.54, 1.807) is 4.90 Å². The smallest absolute Gasteiger partial charge is 0.335 e. The summed E-state index contributed by atoms with van der Waals surface area (Å²) < 4.78 is 0. The Morgan fingerprint density at radius 3 is 2.50 bits per heavy atom. The predicted molar refractivity (Wildman–Crippen MR) is 69.7 cm³/mol. The fourth-order valence-corrected chi connectivity index (χ4v) is 2.27. The number of hydrogen-bond acceptors (Lipinski definition) is 4. The maximum Gasteiger partial charge on any atom is 0.335 e. The summed E-state index contributed by atoms with van der Waals surface area (Å²) in [4.78, 5) is 34.9. The molecule has 1 aliphatic heterocycles. The number of nitro benzene ring substituents is 1. The van der Waals surface area contributed by atoms with Crippen LogP contribution in [0.25, 0.3) is 0 Å². The average Bonchev–Trinajstić information content (AvgIpc) is 2.83. The molecule has 1 heterocycles. The molecule has 0 spiro atoms. The lowest BCUT2D eigenvalue weighted by atomic mass is 10.1. The highest BCUT2D eigenvalue weighted by Crippen LogP contribution is 2.22. The zero-order valence-electron chi connectivity index (χ0n) is 10.9.